The molecule has 2 rings (SSSR count). The van der Waals surface area contributed by atoms with Crippen molar-refractivity contribution in [3.05, 3.63) is 48.3 Å². The molecule has 0 unspecified atom stereocenters. The smallest absolute Gasteiger partial charge is 0.126 e. The van der Waals surface area contributed by atoms with Crippen LogP contribution in [0.1, 0.15) is 6.92 Å². The number of benzene rings is 2. The number of rotatable bonds is 10. The SMILES string of the molecule is CCN(C)N=Nc1ccc(OC)cc1S(=O)(=O)[O-].CN(CCS(=O)(=O)[O-])N=Nc1ccc(F)cc1. The highest BCUT2D eigenvalue weighted by atomic mass is 32.2. The molecule has 0 saturated carbocycles. The lowest BCUT2D eigenvalue weighted by atomic mass is 10.3. The molecule has 194 valence electrons. The van der Waals surface area contributed by atoms with Crippen LogP contribution >= 0.6 is 0 Å². The van der Waals surface area contributed by atoms with E-state index in [1.54, 1.807) is 7.05 Å². The summed E-state index contributed by atoms with van der Waals surface area (Å²) in [6.45, 7) is 2.42. The summed E-state index contributed by atoms with van der Waals surface area (Å²) < 4.78 is 81.8. The molecule has 2 aromatic carbocycles. The normalized spacial score (nSPS) is 11.9. The van der Waals surface area contributed by atoms with Crippen molar-refractivity contribution in [2.24, 2.45) is 20.7 Å². The van der Waals surface area contributed by atoms with Crippen LogP contribution in [0.5, 0.6) is 5.75 Å². The topological polar surface area (TPSA) is 180 Å². The van der Waals surface area contributed by atoms with Crippen LogP contribution < -0.4 is 4.74 Å². The van der Waals surface area contributed by atoms with Gasteiger partial charge < -0.3 is 13.8 Å². The second kappa shape index (κ2) is 13.6. The lowest BCUT2D eigenvalue weighted by Crippen LogP contribution is -2.20. The Morgan fingerprint density at radius 2 is 1.54 bits per heavy atom. The van der Waals surface area contributed by atoms with Gasteiger partial charge in [-0.2, -0.15) is 0 Å². The van der Waals surface area contributed by atoms with Crippen LogP contribution in [0.2, 0.25) is 0 Å². The summed E-state index contributed by atoms with van der Waals surface area (Å²) in [7, 11) is -4.33. The highest BCUT2D eigenvalue weighted by Gasteiger charge is 2.10. The first-order valence-electron chi connectivity index (χ1n) is 9.83. The van der Waals surface area contributed by atoms with Gasteiger partial charge in [0, 0.05) is 20.6 Å². The first-order valence-corrected chi connectivity index (χ1v) is 12.8. The maximum Gasteiger partial charge on any atom is 0.126 e. The molecular formula is C19H25FN6O7S2-2. The van der Waals surface area contributed by atoms with E-state index >= 15 is 0 Å². The number of halogens is 1. The fraction of sp³-hybridized carbons (Fsp3) is 0.368. The molecule has 0 aliphatic rings. The van der Waals surface area contributed by atoms with Crippen molar-refractivity contribution in [3.8, 4) is 5.75 Å². The van der Waals surface area contributed by atoms with Crippen molar-refractivity contribution >= 4 is 31.6 Å². The van der Waals surface area contributed by atoms with Crippen LogP contribution in [0, 0.1) is 5.82 Å². The minimum Gasteiger partial charge on any atom is -0.748 e. The molecule has 35 heavy (non-hydrogen) atoms. The average molecular weight is 533 g/mol. The van der Waals surface area contributed by atoms with E-state index in [-0.39, 0.29) is 23.8 Å². The van der Waals surface area contributed by atoms with Gasteiger partial charge in [0.1, 0.15) is 27.4 Å². The molecule has 0 heterocycles. The minimum atomic E-state index is -4.62. The summed E-state index contributed by atoms with van der Waals surface area (Å²) in [5.74, 6) is -0.645. The quantitative estimate of drug-likeness (QED) is 0.252. The van der Waals surface area contributed by atoms with Gasteiger partial charge in [-0.25, -0.2) is 21.2 Å². The van der Waals surface area contributed by atoms with Gasteiger partial charge in [0.2, 0.25) is 0 Å². The van der Waals surface area contributed by atoms with E-state index < -0.39 is 30.9 Å². The van der Waals surface area contributed by atoms with Crippen molar-refractivity contribution in [1.82, 2.24) is 10.0 Å². The minimum absolute atomic E-state index is 0.00824. The maximum absolute atomic E-state index is 12.6. The highest BCUT2D eigenvalue weighted by Crippen LogP contribution is 2.28. The summed E-state index contributed by atoms with van der Waals surface area (Å²) >= 11 is 0. The van der Waals surface area contributed by atoms with Gasteiger partial charge in [-0.3, -0.25) is 10.0 Å². The third-order valence-electron chi connectivity index (χ3n) is 4.00. The predicted molar refractivity (Wildman–Crippen MR) is 122 cm³/mol. The Bertz CT molecular complexity index is 1220. The van der Waals surface area contributed by atoms with Crippen molar-refractivity contribution in [2.75, 3.05) is 40.0 Å². The molecular weight excluding hydrogens is 507 g/mol. The molecule has 0 N–H and O–H groups in total. The van der Waals surface area contributed by atoms with Crippen LogP contribution in [-0.4, -0.2) is 76.0 Å². The second-order valence-electron chi connectivity index (χ2n) is 6.76. The lowest BCUT2D eigenvalue weighted by molar-refractivity contribution is 0.345. The molecule has 0 spiro atoms. The molecule has 0 atom stereocenters. The second-order valence-corrected chi connectivity index (χ2v) is 9.63. The van der Waals surface area contributed by atoms with E-state index in [0.717, 1.165) is 6.07 Å². The van der Waals surface area contributed by atoms with E-state index in [2.05, 4.69) is 20.7 Å². The van der Waals surface area contributed by atoms with Gasteiger partial charge in [-0.15, -0.1) is 10.2 Å². The van der Waals surface area contributed by atoms with E-state index in [4.69, 9.17) is 4.74 Å². The molecule has 0 aliphatic heterocycles. The Morgan fingerprint density at radius 3 is 2.06 bits per heavy atom. The van der Waals surface area contributed by atoms with Gasteiger partial charge >= 0.3 is 0 Å². The molecule has 0 radical (unpaired) electrons. The molecule has 0 aliphatic carbocycles. The summed E-state index contributed by atoms with van der Waals surface area (Å²) in [5, 5.41) is 17.6. The van der Waals surface area contributed by atoms with Gasteiger partial charge in [-0.1, -0.05) is 10.4 Å². The van der Waals surface area contributed by atoms with Gasteiger partial charge in [0.25, 0.3) is 0 Å². The zero-order valence-corrected chi connectivity index (χ0v) is 21.0. The summed E-state index contributed by atoms with van der Waals surface area (Å²) in [4.78, 5) is -0.449. The maximum atomic E-state index is 12.6. The van der Waals surface area contributed by atoms with Crippen LogP contribution in [0.3, 0.4) is 0 Å². The van der Waals surface area contributed by atoms with E-state index in [9.17, 15) is 30.3 Å². The number of hydrogen-bond acceptors (Lipinski definition) is 11. The number of hydrogen-bond donors (Lipinski definition) is 0. The summed E-state index contributed by atoms with van der Waals surface area (Å²) in [5.41, 5.74) is 0.425. The predicted octanol–water partition coefficient (Wildman–Crippen LogP) is 2.85. The Labute approximate surface area is 203 Å². The number of nitrogens with zero attached hydrogens (tertiary/aromatic N) is 6. The zero-order valence-electron chi connectivity index (χ0n) is 19.4. The van der Waals surface area contributed by atoms with Gasteiger partial charge in [-0.05, 0) is 49.4 Å². The lowest BCUT2D eigenvalue weighted by Gasteiger charge is -2.12. The van der Waals surface area contributed by atoms with E-state index in [1.807, 2.05) is 6.92 Å². The van der Waals surface area contributed by atoms with Crippen LogP contribution in [0.4, 0.5) is 15.8 Å². The molecule has 16 heteroatoms. The monoisotopic (exact) mass is 532 g/mol. The van der Waals surface area contributed by atoms with Crippen molar-refractivity contribution in [1.29, 1.82) is 0 Å². The van der Waals surface area contributed by atoms with Crippen LogP contribution in [-0.2, 0) is 20.2 Å². The number of methoxy groups -OCH3 is 1. The van der Waals surface area contributed by atoms with Crippen LogP contribution in [0.15, 0.2) is 68.0 Å². The van der Waals surface area contributed by atoms with Gasteiger partial charge in [0.05, 0.1) is 40.1 Å². The van der Waals surface area contributed by atoms with Crippen molar-refractivity contribution in [3.63, 3.8) is 0 Å². The largest absolute Gasteiger partial charge is 0.748 e. The van der Waals surface area contributed by atoms with Crippen LogP contribution in [0.25, 0.3) is 0 Å². The Hall–Kier alpha value is -3.21. The highest BCUT2D eigenvalue weighted by molar-refractivity contribution is 7.86. The number of ether oxygens (including phenoxy) is 1. The molecule has 13 nitrogen and oxygen atoms in total. The zero-order chi connectivity index (χ0) is 26.6. The average Bonchev–Trinajstić information content (AvgIpc) is 2.80. The molecule has 2 aromatic rings. The van der Waals surface area contributed by atoms with E-state index in [1.165, 1.54) is 60.6 Å². The summed E-state index contributed by atoms with van der Waals surface area (Å²) in [6, 6.07) is 9.33. The summed E-state index contributed by atoms with van der Waals surface area (Å²) in [6.07, 6.45) is 0. The van der Waals surface area contributed by atoms with Gasteiger partial charge in [0.15, 0.2) is 0 Å². The Kier molecular flexibility index (Phi) is 11.6. The Morgan fingerprint density at radius 1 is 0.943 bits per heavy atom. The van der Waals surface area contributed by atoms with E-state index in [0.29, 0.717) is 12.2 Å². The molecule has 0 aromatic heterocycles. The van der Waals surface area contributed by atoms with Crippen molar-refractivity contribution in [2.45, 2.75) is 11.8 Å². The first kappa shape index (κ1) is 29.8. The molecule has 0 fully saturated rings. The molecule has 0 saturated heterocycles. The molecule has 0 bridgehead atoms. The Balaban J connectivity index is 0.000000351. The standard InChI is InChI=1S/C10H15N3O4S.C9H12FN3O3S/c1-4-13(2)12-11-9-6-5-8(17-3)7-10(9)18(14,15)16;1-13(6-7-17(14,15)16)12-11-9-4-2-8(10)3-5-9/h5-7H,4H2,1-3H3,(H,14,15,16);2-5H,6-7H2,1H3,(H,14,15,16)/p-2. The molecule has 0 amide bonds. The van der Waals surface area contributed by atoms with Crippen molar-refractivity contribution < 1.29 is 35.1 Å². The fourth-order valence-corrected chi connectivity index (χ4v) is 3.13. The fourth-order valence-electron chi connectivity index (χ4n) is 2.02. The third-order valence-corrected chi connectivity index (χ3v) is 5.55. The third kappa shape index (κ3) is 12.2. The first-order chi connectivity index (χ1) is 16.2.